The fourth-order valence-corrected chi connectivity index (χ4v) is 1.33. The molecular formula is C11H17BO3. The van der Waals surface area contributed by atoms with E-state index in [2.05, 4.69) is 0 Å². The van der Waals surface area contributed by atoms with Crippen LogP contribution in [0, 0.1) is 0 Å². The fourth-order valence-electron chi connectivity index (χ4n) is 1.33. The van der Waals surface area contributed by atoms with Gasteiger partial charge in [0, 0.05) is 13.2 Å². The highest BCUT2D eigenvalue weighted by molar-refractivity contribution is 6.61. The highest BCUT2D eigenvalue weighted by Crippen LogP contribution is 2.07. The molecule has 0 spiro atoms. The van der Waals surface area contributed by atoms with E-state index >= 15 is 0 Å². The molecule has 0 saturated carbocycles. The summed E-state index contributed by atoms with van der Waals surface area (Å²) in [6.45, 7) is 5.15. The first-order chi connectivity index (χ1) is 7.31. The second-order valence-electron chi connectivity index (χ2n) is 3.02. The van der Waals surface area contributed by atoms with Gasteiger partial charge in [-0.05, 0) is 31.4 Å². The maximum Gasteiger partial charge on any atom is 0.493 e. The van der Waals surface area contributed by atoms with Crippen LogP contribution in [0.2, 0.25) is 0 Å². The molecule has 15 heavy (non-hydrogen) atoms. The molecule has 1 aromatic rings. The highest BCUT2D eigenvalue weighted by Gasteiger charge is 2.20. The van der Waals surface area contributed by atoms with Crippen LogP contribution in [0.1, 0.15) is 13.8 Å². The van der Waals surface area contributed by atoms with Gasteiger partial charge in [0.25, 0.3) is 0 Å². The minimum absolute atomic E-state index is 0.296. The summed E-state index contributed by atoms with van der Waals surface area (Å²) in [5.74, 6) is 0.817. The molecule has 1 aromatic carbocycles. The molecule has 0 fully saturated rings. The van der Waals surface area contributed by atoms with E-state index in [1.807, 2.05) is 38.1 Å². The normalized spacial score (nSPS) is 10.1. The van der Waals surface area contributed by atoms with E-state index in [0.717, 1.165) is 11.2 Å². The predicted molar refractivity (Wildman–Crippen MR) is 61.6 cm³/mol. The molecule has 82 valence electrons. The third-order valence-corrected chi connectivity index (χ3v) is 2.00. The van der Waals surface area contributed by atoms with Gasteiger partial charge in [-0.1, -0.05) is 12.1 Å². The van der Waals surface area contributed by atoms with E-state index in [1.54, 1.807) is 7.11 Å². The minimum atomic E-state index is -0.296. The molecule has 3 nitrogen and oxygen atoms in total. The zero-order valence-electron chi connectivity index (χ0n) is 9.53. The first-order valence-electron chi connectivity index (χ1n) is 5.19. The molecule has 0 aliphatic heterocycles. The van der Waals surface area contributed by atoms with Crippen molar-refractivity contribution in [2.45, 2.75) is 13.8 Å². The van der Waals surface area contributed by atoms with Crippen molar-refractivity contribution >= 4 is 12.6 Å². The van der Waals surface area contributed by atoms with Crippen LogP contribution >= 0.6 is 0 Å². The largest absolute Gasteiger partial charge is 0.497 e. The van der Waals surface area contributed by atoms with Crippen molar-refractivity contribution in [2.75, 3.05) is 20.3 Å². The quantitative estimate of drug-likeness (QED) is 0.662. The molecule has 0 bridgehead atoms. The van der Waals surface area contributed by atoms with Crippen LogP contribution in [-0.4, -0.2) is 27.4 Å². The van der Waals surface area contributed by atoms with Crippen molar-refractivity contribution in [1.29, 1.82) is 0 Å². The Hall–Kier alpha value is -0.995. The second-order valence-corrected chi connectivity index (χ2v) is 3.02. The van der Waals surface area contributed by atoms with E-state index in [1.165, 1.54) is 0 Å². The second kappa shape index (κ2) is 6.48. The summed E-state index contributed by atoms with van der Waals surface area (Å²) in [6, 6.07) is 7.73. The Morgan fingerprint density at radius 1 is 1.13 bits per heavy atom. The lowest BCUT2D eigenvalue weighted by atomic mass is 9.79. The topological polar surface area (TPSA) is 27.7 Å². The van der Waals surface area contributed by atoms with Crippen LogP contribution in [0.4, 0.5) is 0 Å². The van der Waals surface area contributed by atoms with Crippen molar-refractivity contribution in [1.82, 2.24) is 0 Å². The first-order valence-corrected chi connectivity index (χ1v) is 5.19. The van der Waals surface area contributed by atoms with E-state index in [4.69, 9.17) is 14.0 Å². The van der Waals surface area contributed by atoms with E-state index in [0.29, 0.717) is 13.2 Å². The van der Waals surface area contributed by atoms with E-state index in [-0.39, 0.29) is 7.12 Å². The number of rotatable bonds is 6. The fraction of sp³-hybridized carbons (Fsp3) is 0.455. The van der Waals surface area contributed by atoms with Gasteiger partial charge in [-0.2, -0.15) is 0 Å². The van der Waals surface area contributed by atoms with Crippen molar-refractivity contribution in [3.8, 4) is 5.75 Å². The SMILES string of the molecule is CCOB(OCC)c1cccc(OC)c1. The molecule has 0 radical (unpaired) electrons. The molecule has 0 saturated heterocycles. The smallest absolute Gasteiger partial charge is 0.493 e. The first kappa shape index (κ1) is 12.1. The van der Waals surface area contributed by atoms with Gasteiger partial charge >= 0.3 is 7.12 Å². The maximum atomic E-state index is 5.49. The number of ether oxygens (including phenoxy) is 1. The van der Waals surface area contributed by atoms with Crippen LogP contribution < -0.4 is 10.2 Å². The number of methoxy groups -OCH3 is 1. The maximum absolute atomic E-state index is 5.49. The molecule has 0 heterocycles. The van der Waals surface area contributed by atoms with Gasteiger partial charge in [0.1, 0.15) is 5.75 Å². The van der Waals surface area contributed by atoms with Crippen LogP contribution in [0.5, 0.6) is 5.75 Å². The van der Waals surface area contributed by atoms with Gasteiger partial charge in [-0.15, -0.1) is 0 Å². The van der Waals surface area contributed by atoms with Crippen LogP contribution in [0.15, 0.2) is 24.3 Å². The van der Waals surface area contributed by atoms with Crippen molar-refractivity contribution in [3.63, 3.8) is 0 Å². The lowest BCUT2D eigenvalue weighted by Crippen LogP contribution is -2.36. The zero-order chi connectivity index (χ0) is 11.1. The van der Waals surface area contributed by atoms with Crippen LogP contribution in [0.25, 0.3) is 0 Å². The zero-order valence-corrected chi connectivity index (χ0v) is 9.53. The summed E-state index contributed by atoms with van der Waals surface area (Å²) in [6.07, 6.45) is 0. The monoisotopic (exact) mass is 208 g/mol. The Labute approximate surface area is 91.5 Å². The lowest BCUT2D eigenvalue weighted by Gasteiger charge is -2.13. The average molecular weight is 208 g/mol. The van der Waals surface area contributed by atoms with Gasteiger partial charge in [-0.3, -0.25) is 0 Å². The van der Waals surface area contributed by atoms with Crippen molar-refractivity contribution in [2.24, 2.45) is 0 Å². The molecule has 0 aromatic heterocycles. The molecule has 1 rings (SSSR count). The molecule has 0 aliphatic rings. The molecule has 0 aliphatic carbocycles. The number of benzene rings is 1. The Bertz CT molecular complexity index is 285. The highest BCUT2D eigenvalue weighted by atomic mass is 16.6. The van der Waals surface area contributed by atoms with Gasteiger partial charge < -0.3 is 14.0 Å². The third kappa shape index (κ3) is 3.57. The Morgan fingerprint density at radius 2 is 1.80 bits per heavy atom. The molecule has 0 amide bonds. The molecule has 0 unspecified atom stereocenters. The summed E-state index contributed by atoms with van der Waals surface area (Å²) >= 11 is 0. The Kier molecular flexibility index (Phi) is 5.22. The molecular weight excluding hydrogens is 191 g/mol. The van der Waals surface area contributed by atoms with Crippen molar-refractivity contribution in [3.05, 3.63) is 24.3 Å². The van der Waals surface area contributed by atoms with Gasteiger partial charge in [0.15, 0.2) is 0 Å². The van der Waals surface area contributed by atoms with Crippen molar-refractivity contribution < 1.29 is 14.0 Å². The number of hydrogen-bond acceptors (Lipinski definition) is 3. The number of hydrogen-bond donors (Lipinski definition) is 0. The van der Waals surface area contributed by atoms with Gasteiger partial charge in [0.05, 0.1) is 7.11 Å². The van der Waals surface area contributed by atoms with E-state index < -0.39 is 0 Å². The Morgan fingerprint density at radius 3 is 2.33 bits per heavy atom. The molecule has 0 N–H and O–H groups in total. The summed E-state index contributed by atoms with van der Waals surface area (Å²) in [5.41, 5.74) is 0.984. The van der Waals surface area contributed by atoms with Crippen LogP contribution in [-0.2, 0) is 9.31 Å². The minimum Gasteiger partial charge on any atom is -0.497 e. The van der Waals surface area contributed by atoms with E-state index in [9.17, 15) is 0 Å². The standard InChI is InChI=1S/C11H17BO3/c1-4-14-12(15-5-2)10-7-6-8-11(9-10)13-3/h6-9H,4-5H2,1-3H3. The van der Waals surface area contributed by atoms with Crippen LogP contribution in [0.3, 0.4) is 0 Å². The predicted octanol–water partition coefficient (Wildman–Crippen LogP) is 1.46. The molecule has 0 atom stereocenters. The summed E-state index contributed by atoms with van der Waals surface area (Å²) in [7, 11) is 1.35. The van der Waals surface area contributed by atoms with Gasteiger partial charge in [0.2, 0.25) is 0 Å². The third-order valence-electron chi connectivity index (χ3n) is 2.00. The lowest BCUT2D eigenvalue weighted by molar-refractivity contribution is 0.225. The summed E-state index contributed by atoms with van der Waals surface area (Å²) in [5, 5.41) is 0. The average Bonchev–Trinajstić information content (AvgIpc) is 2.29. The van der Waals surface area contributed by atoms with Gasteiger partial charge in [-0.25, -0.2) is 0 Å². The Balaban J connectivity index is 2.79. The summed E-state index contributed by atoms with van der Waals surface area (Å²) < 4.78 is 16.1. The molecule has 4 heteroatoms. The summed E-state index contributed by atoms with van der Waals surface area (Å²) in [4.78, 5) is 0.